The van der Waals surface area contributed by atoms with Crippen molar-refractivity contribution in [3.63, 3.8) is 0 Å². The fourth-order valence-electron chi connectivity index (χ4n) is 1.05. The first-order valence-corrected chi connectivity index (χ1v) is 4.39. The Kier molecular flexibility index (Phi) is 4.08. The summed E-state index contributed by atoms with van der Waals surface area (Å²) in [6.07, 6.45) is 1.75. The first-order valence-electron chi connectivity index (χ1n) is 4.39. The van der Waals surface area contributed by atoms with Crippen LogP contribution in [0.15, 0.2) is 18.2 Å². The van der Waals surface area contributed by atoms with Crippen molar-refractivity contribution in [1.82, 2.24) is 0 Å². The molecule has 0 bridgehead atoms. The molecule has 92 valence electrons. The molecule has 2 N–H and O–H groups in total. The van der Waals surface area contributed by atoms with Gasteiger partial charge in [0, 0.05) is 18.7 Å². The Morgan fingerprint density at radius 2 is 1.76 bits per heavy atom. The maximum Gasteiger partial charge on any atom is 0.328 e. The van der Waals surface area contributed by atoms with Crippen molar-refractivity contribution in [2.75, 3.05) is 11.9 Å². The van der Waals surface area contributed by atoms with Gasteiger partial charge in [-0.25, -0.2) is 22.4 Å². The zero-order valence-corrected chi connectivity index (χ0v) is 8.31. The van der Waals surface area contributed by atoms with Gasteiger partial charge in [-0.15, -0.1) is 0 Å². The molecule has 0 heterocycles. The van der Waals surface area contributed by atoms with Crippen LogP contribution < -0.4 is 5.32 Å². The average molecular weight is 249 g/mol. The van der Waals surface area contributed by atoms with Crippen LogP contribution in [0.1, 0.15) is 0 Å². The summed E-state index contributed by atoms with van der Waals surface area (Å²) in [6.45, 7) is -0.289. The summed E-state index contributed by atoms with van der Waals surface area (Å²) in [6, 6.07) is 0.0862. The van der Waals surface area contributed by atoms with E-state index in [1.165, 1.54) is 0 Å². The van der Waals surface area contributed by atoms with Crippen LogP contribution >= 0.6 is 0 Å². The molecule has 1 aromatic carbocycles. The number of anilines is 1. The molecule has 0 aliphatic heterocycles. The smallest absolute Gasteiger partial charge is 0.328 e. The molecule has 17 heavy (non-hydrogen) atoms. The molecular weight excluding hydrogens is 242 g/mol. The van der Waals surface area contributed by atoms with Crippen molar-refractivity contribution in [2.24, 2.45) is 0 Å². The number of hydrogen-bond acceptors (Lipinski definition) is 2. The van der Waals surface area contributed by atoms with Crippen LogP contribution in [-0.2, 0) is 4.79 Å². The minimum atomic E-state index is -1.56. The van der Waals surface area contributed by atoms with Crippen LogP contribution in [0, 0.1) is 23.3 Å². The van der Waals surface area contributed by atoms with E-state index in [2.05, 4.69) is 0 Å². The molecule has 0 unspecified atom stereocenters. The van der Waals surface area contributed by atoms with Crippen molar-refractivity contribution < 1.29 is 27.5 Å². The van der Waals surface area contributed by atoms with Crippen LogP contribution in [-0.4, -0.2) is 17.6 Å². The minimum absolute atomic E-state index is 0.0862. The highest BCUT2D eigenvalue weighted by Gasteiger charge is 2.18. The fourth-order valence-corrected chi connectivity index (χ4v) is 1.05. The van der Waals surface area contributed by atoms with Crippen molar-refractivity contribution in [3.8, 4) is 0 Å². The Balaban J connectivity index is 2.87. The number of hydrogen-bond donors (Lipinski definition) is 2. The highest BCUT2D eigenvalue weighted by Crippen LogP contribution is 2.23. The van der Waals surface area contributed by atoms with Crippen LogP contribution in [0.2, 0.25) is 0 Å². The summed E-state index contributed by atoms with van der Waals surface area (Å²) >= 11 is 0. The number of aliphatic carboxylic acids is 1. The van der Waals surface area contributed by atoms with E-state index in [0.717, 1.165) is 12.2 Å². The first kappa shape index (κ1) is 13.0. The summed E-state index contributed by atoms with van der Waals surface area (Å²) in [5.41, 5.74) is -0.975. The molecule has 0 fully saturated rings. The molecule has 0 amide bonds. The van der Waals surface area contributed by atoms with Gasteiger partial charge in [-0.2, -0.15) is 0 Å². The highest BCUT2D eigenvalue weighted by molar-refractivity contribution is 5.79. The Bertz CT molecular complexity index is 448. The number of carbonyl (C=O) groups is 1. The number of rotatable bonds is 4. The number of halogens is 4. The molecule has 3 nitrogen and oxygen atoms in total. The van der Waals surface area contributed by atoms with Gasteiger partial charge in [-0.05, 0) is 0 Å². The minimum Gasteiger partial charge on any atom is -0.478 e. The van der Waals surface area contributed by atoms with Gasteiger partial charge in [0.05, 0.1) is 0 Å². The third-order valence-corrected chi connectivity index (χ3v) is 1.77. The molecule has 0 atom stereocenters. The molecule has 0 saturated heterocycles. The van der Waals surface area contributed by atoms with E-state index in [4.69, 9.17) is 5.11 Å². The Morgan fingerprint density at radius 1 is 1.24 bits per heavy atom. The van der Waals surface area contributed by atoms with Crippen LogP contribution in [0.25, 0.3) is 0 Å². The second-order valence-corrected chi connectivity index (χ2v) is 2.96. The maximum atomic E-state index is 13.0. The van der Waals surface area contributed by atoms with Gasteiger partial charge in [-0.3, -0.25) is 0 Å². The van der Waals surface area contributed by atoms with E-state index < -0.39 is 34.9 Å². The summed E-state index contributed by atoms with van der Waals surface area (Å²) < 4.78 is 51.5. The molecule has 7 heteroatoms. The first-order chi connectivity index (χ1) is 7.93. The SMILES string of the molecule is O=C(O)/C=C/CNc1c(F)c(F)cc(F)c1F. The standard InChI is InChI=1S/C10H7F4NO2/c11-5-4-6(12)9(14)10(8(5)13)15-3-1-2-7(16)17/h1-2,4,15H,3H2,(H,16,17)/b2-1+. The predicted octanol–water partition coefficient (Wildman–Crippen LogP) is 2.30. The summed E-state index contributed by atoms with van der Waals surface area (Å²) in [4.78, 5) is 10.1. The fraction of sp³-hybridized carbons (Fsp3) is 0.100. The number of carboxylic acid groups (broad SMARTS) is 1. The van der Waals surface area contributed by atoms with Gasteiger partial charge in [0.1, 0.15) is 5.69 Å². The van der Waals surface area contributed by atoms with Crippen molar-refractivity contribution in [1.29, 1.82) is 0 Å². The van der Waals surface area contributed by atoms with Gasteiger partial charge < -0.3 is 10.4 Å². The van der Waals surface area contributed by atoms with Crippen molar-refractivity contribution >= 4 is 11.7 Å². The van der Waals surface area contributed by atoms with Crippen molar-refractivity contribution in [2.45, 2.75) is 0 Å². The quantitative estimate of drug-likeness (QED) is 0.489. The number of nitrogens with one attached hydrogen (secondary N) is 1. The second-order valence-electron chi connectivity index (χ2n) is 2.96. The third-order valence-electron chi connectivity index (χ3n) is 1.77. The lowest BCUT2D eigenvalue weighted by Gasteiger charge is -2.07. The summed E-state index contributed by atoms with van der Waals surface area (Å²) in [7, 11) is 0. The van der Waals surface area contributed by atoms with Crippen molar-refractivity contribution in [3.05, 3.63) is 41.5 Å². The Hall–Kier alpha value is -2.05. The number of carboxylic acids is 1. The van der Waals surface area contributed by atoms with Gasteiger partial charge in [0.25, 0.3) is 0 Å². The molecule has 0 aromatic heterocycles. The summed E-state index contributed by atoms with van der Waals surface area (Å²) in [5.74, 6) is -7.44. The third kappa shape index (κ3) is 3.20. The normalized spacial score (nSPS) is 10.8. The van der Waals surface area contributed by atoms with Crippen LogP contribution in [0.4, 0.5) is 23.2 Å². The average Bonchev–Trinajstić information content (AvgIpc) is 2.25. The molecule has 0 spiro atoms. The van der Waals surface area contributed by atoms with E-state index in [9.17, 15) is 22.4 Å². The van der Waals surface area contributed by atoms with Gasteiger partial charge >= 0.3 is 5.97 Å². The molecular formula is C10H7F4NO2. The van der Waals surface area contributed by atoms with Gasteiger partial charge in [0.2, 0.25) is 0 Å². The van der Waals surface area contributed by atoms with Crippen LogP contribution in [0.5, 0.6) is 0 Å². The second kappa shape index (κ2) is 5.33. The predicted molar refractivity (Wildman–Crippen MR) is 51.5 cm³/mol. The van der Waals surface area contributed by atoms with E-state index in [0.29, 0.717) is 0 Å². The monoisotopic (exact) mass is 249 g/mol. The number of benzene rings is 1. The van der Waals surface area contributed by atoms with Gasteiger partial charge in [0.15, 0.2) is 23.3 Å². The Labute approximate surface area is 93.4 Å². The maximum absolute atomic E-state index is 13.0. The van der Waals surface area contributed by atoms with E-state index >= 15 is 0 Å². The topological polar surface area (TPSA) is 49.3 Å². The zero-order valence-electron chi connectivity index (χ0n) is 8.31. The molecule has 0 aliphatic rings. The van der Waals surface area contributed by atoms with E-state index in [1.807, 2.05) is 5.32 Å². The Morgan fingerprint density at radius 3 is 2.24 bits per heavy atom. The lowest BCUT2D eigenvalue weighted by molar-refractivity contribution is -0.131. The van der Waals surface area contributed by atoms with E-state index in [-0.39, 0.29) is 12.6 Å². The molecule has 0 radical (unpaired) electrons. The lowest BCUT2D eigenvalue weighted by Crippen LogP contribution is -2.07. The largest absolute Gasteiger partial charge is 0.478 e. The molecule has 1 rings (SSSR count). The molecule has 1 aromatic rings. The molecule has 0 aliphatic carbocycles. The lowest BCUT2D eigenvalue weighted by atomic mass is 10.2. The molecule has 0 saturated carbocycles. The highest BCUT2D eigenvalue weighted by atomic mass is 19.2. The van der Waals surface area contributed by atoms with E-state index in [1.54, 1.807) is 0 Å². The zero-order chi connectivity index (χ0) is 13.0. The summed E-state index contributed by atoms with van der Waals surface area (Å²) in [5, 5.41) is 10.3. The van der Waals surface area contributed by atoms with Gasteiger partial charge in [-0.1, -0.05) is 6.08 Å². The van der Waals surface area contributed by atoms with Crippen LogP contribution in [0.3, 0.4) is 0 Å².